The average Bonchev–Trinajstić information content (AvgIpc) is 3.40. The number of piperidine rings is 1. The smallest absolute Gasteiger partial charge is 0.242 e. The molecule has 0 saturated carbocycles. The van der Waals surface area contributed by atoms with Gasteiger partial charge in [-0.2, -0.15) is 0 Å². The van der Waals surface area contributed by atoms with Gasteiger partial charge in [0.15, 0.2) is 5.13 Å². The van der Waals surface area contributed by atoms with Crippen molar-refractivity contribution in [2.24, 2.45) is 5.92 Å². The third-order valence-electron chi connectivity index (χ3n) is 8.68. The maximum Gasteiger partial charge on any atom is 0.242 e. The van der Waals surface area contributed by atoms with Crippen LogP contribution in [-0.4, -0.2) is 65.9 Å². The molecule has 0 aliphatic carbocycles. The lowest BCUT2D eigenvalue weighted by Gasteiger charge is -2.31. The van der Waals surface area contributed by atoms with E-state index < -0.39 is 10.0 Å². The van der Waals surface area contributed by atoms with Gasteiger partial charge in [0, 0.05) is 43.8 Å². The Morgan fingerprint density at radius 3 is 2.74 bits per heavy atom. The van der Waals surface area contributed by atoms with E-state index in [0.29, 0.717) is 29.0 Å². The van der Waals surface area contributed by atoms with Gasteiger partial charge < -0.3 is 16.0 Å². The number of thiazole rings is 1. The van der Waals surface area contributed by atoms with Crippen molar-refractivity contribution in [1.29, 1.82) is 0 Å². The Morgan fingerprint density at radius 2 is 1.91 bits per heavy atom. The number of nitrogens with two attached hydrogens (primary N) is 1. The lowest BCUT2D eigenvalue weighted by Crippen LogP contribution is -2.37. The molecule has 2 aromatic carbocycles. The van der Waals surface area contributed by atoms with Gasteiger partial charge in [-0.3, -0.25) is 0 Å². The lowest BCUT2D eigenvalue weighted by atomic mass is 9.98. The van der Waals surface area contributed by atoms with Crippen LogP contribution >= 0.6 is 11.3 Å². The summed E-state index contributed by atoms with van der Waals surface area (Å²) in [6, 6.07) is 11.8. The van der Waals surface area contributed by atoms with E-state index in [0.717, 1.165) is 88.2 Å². The first-order valence-electron chi connectivity index (χ1n) is 14.6. The van der Waals surface area contributed by atoms with Crippen molar-refractivity contribution in [3.05, 3.63) is 65.6 Å². The highest BCUT2D eigenvalue weighted by Gasteiger charge is 2.27. The molecular formula is C31H34N8O2S2. The number of hydrogen-bond acceptors (Lipinski definition) is 10. The van der Waals surface area contributed by atoms with E-state index in [1.807, 2.05) is 24.4 Å². The summed E-state index contributed by atoms with van der Waals surface area (Å²) in [6.45, 7) is 5.82. The topological polar surface area (TPSA) is 130 Å². The first-order valence-corrected chi connectivity index (χ1v) is 16.8. The van der Waals surface area contributed by atoms with Crippen molar-refractivity contribution < 1.29 is 8.42 Å². The summed E-state index contributed by atoms with van der Waals surface area (Å²) in [5.74, 6) is 1.22. The summed E-state index contributed by atoms with van der Waals surface area (Å²) in [7, 11) is -1.89. The maximum atomic E-state index is 13.6. The van der Waals surface area contributed by atoms with Crippen molar-refractivity contribution in [2.75, 3.05) is 43.9 Å². The number of nitrogens with one attached hydrogen (secondary N) is 1. The van der Waals surface area contributed by atoms with Crippen molar-refractivity contribution in [3.63, 3.8) is 0 Å². The van der Waals surface area contributed by atoms with Crippen LogP contribution in [0.25, 0.3) is 32.4 Å². The van der Waals surface area contributed by atoms with Crippen molar-refractivity contribution >= 4 is 53.6 Å². The minimum atomic E-state index is -3.59. The van der Waals surface area contributed by atoms with Gasteiger partial charge in [-0.1, -0.05) is 17.4 Å². The highest BCUT2D eigenvalue weighted by molar-refractivity contribution is 7.89. The highest BCUT2D eigenvalue weighted by atomic mass is 32.2. The van der Waals surface area contributed by atoms with E-state index in [-0.39, 0.29) is 0 Å². The molecule has 1 saturated heterocycles. The van der Waals surface area contributed by atoms with Crippen LogP contribution in [0.5, 0.6) is 0 Å². The summed E-state index contributed by atoms with van der Waals surface area (Å²) in [6.07, 6.45) is 6.26. The Labute approximate surface area is 255 Å². The molecule has 5 aromatic rings. The van der Waals surface area contributed by atoms with Crippen LogP contribution in [0.1, 0.15) is 29.5 Å². The second-order valence-corrected chi connectivity index (χ2v) is 14.6. The molecule has 0 bridgehead atoms. The van der Waals surface area contributed by atoms with Crippen LogP contribution in [0.4, 0.5) is 10.9 Å². The predicted molar refractivity (Wildman–Crippen MR) is 172 cm³/mol. The molecule has 3 aromatic heterocycles. The van der Waals surface area contributed by atoms with E-state index in [4.69, 9.17) is 10.7 Å². The zero-order valence-corrected chi connectivity index (χ0v) is 25.9. The number of aromatic nitrogens is 4. The molecule has 3 N–H and O–H groups in total. The Hall–Kier alpha value is -3.71. The molecule has 0 amide bonds. The number of rotatable bonds is 6. The third-order valence-corrected chi connectivity index (χ3v) is 11.3. The fourth-order valence-corrected chi connectivity index (χ4v) is 8.28. The zero-order chi connectivity index (χ0) is 29.7. The molecule has 222 valence electrons. The van der Waals surface area contributed by atoms with E-state index >= 15 is 0 Å². The number of sulfonamides is 1. The van der Waals surface area contributed by atoms with Gasteiger partial charge >= 0.3 is 0 Å². The number of nitrogens with zero attached hydrogens (tertiary/aromatic N) is 6. The summed E-state index contributed by atoms with van der Waals surface area (Å²) < 4.78 is 28.7. The Kier molecular flexibility index (Phi) is 7.24. The van der Waals surface area contributed by atoms with Crippen LogP contribution in [0, 0.1) is 12.8 Å². The molecule has 1 fully saturated rings. The van der Waals surface area contributed by atoms with Crippen LogP contribution in [0.3, 0.4) is 0 Å². The number of anilines is 2. The van der Waals surface area contributed by atoms with Gasteiger partial charge in [0.1, 0.15) is 22.5 Å². The Balaban J connectivity index is 1.20. The van der Waals surface area contributed by atoms with Gasteiger partial charge in [-0.15, -0.1) is 0 Å². The molecule has 0 spiro atoms. The Bertz CT molecular complexity index is 1950. The molecule has 0 unspecified atom stereocenters. The molecule has 10 nitrogen and oxygen atoms in total. The van der Waals surface area contributed by atoms with Crippen molar-refractivity contribution in [2.45, 2.75) is 37.6 Å². The standard InChI is InChI=1S/C31H34N8O2S2/c1-19-11-22(23-14-27-30(34-15-23)42-31(32)37-27)13-26-28(19)35-18-36-29(26)39-10-7-21-3-4-25(12-24(21)17-39)43(40,41)38(2)16-20-5-8-33-9-6-20/h3-4,11-15,18,20,33H,5-10,16-17H2,1-2H3,(H2,32,37). The average molecular weight is 615 g/mol. The lowest BCUT2D eigenvalue weighted by molar-refractivity contribution is 0.311. The summed E-state index contributed by atoms with van der Waals surface area (Å²) >= 11 is 1.38. The molecule has 2 aliphatic heterocycles. The predicted octanol–water partition coefficient (Wildman–Crippen LogP) is 4.37. The van der Waals surface area contributed by atoms with Gasteiger partial charge in [0.2, 0.25) is 10.0 Å². The van der Waals surface area contributed by atoms with Crippen LogP contribution in [0.15, 0.2) is 53.8 Å². The zero-order valence-electron chi connectivity index (χ0n) is 24.2. The summed E-state index contributed by atoms with van der Waals surface area (Å²) in [5.41, 5.74) is 12.8. The van der Waals surface area contributed by atoms with Crippen LogP contribution in [0.2, 0.25) is 0 Å². The minimum Gasteiger partial charge on any atom is -0.375 e. The number of benzene rings is 2. The van der Waals surface area contributed by atoms with Crippen molar-refractivity contribution in [3.8, 4) is 11.1 Å². The normalized spacial score (nSPS) is 16.3. The van der Waals surface area contributed by atoms with Gasteiger partial charge in [0.25, 0.3) is 0 Å². The van der Waals surface area contributed by atoms with E-state index in [2.05, 4.69) is 44.2 Å². The largest absolute Gasteiger partial charge is 0.375 e. The SMILES string of the molecule is Cc1cc(-c2cnc3sc(N)nc3c2)cc2c(N3CCc4ccc(S(=O)(=O)N(C)CC5CCNCC5)cc4C3)ncnc12. The highest BCUT2D eigenvalue weighted by Crippen LogP contribution is 2.35. The molecule has 43 heavy (non-hydrogen) atoms. The molecule has 2 aliphatic rings. The Morgan fingerprint density at radius 1 is 1.07 bits per heavy atom. The van der Waals surface area contributed by atoms with Crippen LogP contribution < -0.4 is 16.0 Å². The second-order valence-electron chi connectivity index (χ2n) is 11.6. The number of nitrogen functional groups attached to an aromatic ring is 1. The fourth-order valence-electron chi connectivity index (χ4n) is 6.33. The second kappa shape index (κ2) is 11.1. The maximum absolute atomic E-state index is 13.6. The van der Waals surface area contributed by atoms with Crippen LogP contribution in [-0.2, 0) is 23.0 Å². The van der Waals surface area contributed by atoms with Gasteiger partial charge in [-0.25, -0.2) is 32.7 Å². The third kappa shape index (κ3) is 5.33. The molecule has 5 heterocycles. The number of pyridine rings is 1. The van der Waals surface area contributed by atoms with E-state index in [1.165, 1.54) is 21.2 Å². The van der Waals surface area contributed by atoms with Gasteiger partial charge in [0.05, 0.1) is 10.4 Å². The quantitative estimate of drug-likeness (QED) is 0.286. The van der Waals surface area contributed by atoms with Crippen molar-refractivity contribution in [1.82, 2.24) is 29.6 Å². The number of aryl methyl sites for hydroxylation is 1. The molecule has 7 rings (SSSR count). The summed E-state index contributed by atoms with van der Waals surface area (Å²) in [5, 5.41) is 4.80. The monoisotopic (exact) mass is 614 g/mol. The fraction of sp³-hybridized carbons (Fsp3) is 0.355. The first kappa shape index (κ1) is 28.1. The molecule has 12 heteroatoms. The summed E-state index contributed by atoms with van der Waals surface area (Å²) in [4.78, 5) is 21.7. The van der Waals surface area contributed by atoms with Gasteiger partial charge in [-0.05, 0) is 97.8 Å². The minimum absolute atomic E-state index is 0.348. The number of fused-ring (bicyclic) bond motifs is 3. The number of hydrogen-bond donors (Lipinski definition) is 2. The molecule has 0 radical (unpaired) electrons. The van der Waals surface area contributed by atoms with E-state index in [1.54, 1.807) is 19.4 Å². The molecule has 0 atom stereocenters. The van der Waals surface area contributed by atoms with E-state index in [9.17, 15) is 8.42 Å². The first-order chi connectivity index (χ1) is 20.8. The molecular weight excluding hydrogens is 581 g/mol.